The average Bonchev–Trinajstić information content (AvgIpc) is 2.99. The maximum absolute atomic E-state index is 5.85. The number of ether oxygens (including phenoxy) is 1. The van der Waals surface area contributed by atoms with Crippen LogP contribution in [0.4, 0.5) is 0 Å². The smallest absolute Gasteiger partial charge is 0.0466 e. The number of unbranched alkanes of at least 4 members (excludes halogenated alkanes) is 24. The van der Waals surface area contributed by atoms with Gasteiger partial charge in [0.05, 0.1) is 0 Å². The molecule has 0 heterocycles. The van der Waals surface area contributed by atoms with Crippen molar-refractivity contribution >= 4 is 20.5 Å². The summed E-state index contributed by atoms with van der Waals surface area (Å²) in [6.07, 6.45) is 48.1. The molecular formula is C38H80OSi2. The Morgan fingerprint density at radius 2 is 0.585 bits per heavy atom. The van der Waals surface area contributed by atoms with Crippen LogP contribution in [0.25, 0.3) is 0 Å². The molecule has 0 saturated heterocycles. The Bertz CT molecular complexity index is 435. The zero-order valence-corrected chi connectivity index (χ0v) is 33.3. The number of hydrogen-bond acceptors (Lipinski definition) is 1. The third kappa shape index (κ3) is 47.0. The molecule has 3 heteroatoms. The van der Waals surface area contributed by atoms with Crippen LogP contribution in [0.3, 0.4) is 0 Å². The predicted molar refractivity (Wildman–Crippen MR) is 199 cm³/mol. The van der Waals surface area contributed by atoms with E-state index in [-0.39, 0.29) is 0 Å². The quantitative estimate of drug-likeness (QED) is 0.0409. The molecule has 246 valence electrons. The highest BCUT2D eigenvalue weighted by Crippen LogP contribution is 2.12. The van der Waals surface area contributed by atoms with Gasteiger partial charge < -0.3 is 4.74 Å². The summed E-state index contributed by atoms with van der Waals surface area (Å²) in [7, 11) is 2.85. The Hall–Kier alpha value is -0.126. The first-order valence-electron chi connectivity index (χ1n) is 19.2. The van der Waals surface area contributed by atoms with Crippen molar-refractivity contribution in [2.45, 2.75) is 206 Å². The summed E-state index contributed by atoms with van der Waals surface area (Å²) < 4.78 is 5.85. The lowest BCUT2D eigenvalue weighted by atomic mass is 10.1. The third-order valence-corrected chi connectivity index (χ3v) is 12.1. The van der Waals surface area contributed by atoms with Gasteiger partial charge in [0.1, 0.15) is 0 Å². The Kier molecular flexibility index (Phi) is 46.5. The fraction of sp³-hybridized carbons (Fsp3) is 0.895. The summed E-state index contributed by atoms with van der Waals surface area (Å²) in [6.45, 7) is 6.54. The van der Waals surface area contributed by atoms with Crippen LogP contribution in [0.15, 0.2) is 24.3 Å². The Balaban J connectivity index is 0. The van der Waals surface area contributed by atoms with Gasteiger partial charge in [-0.15, -0.1) is 0 Å². The van der Waals surface area contributed by atoms with Crippen LogP contribution in [-0.2, 0) is 4.74 Å². The van der Waals surface area contributed by atoms with E-state index >= 15 is 0 Å². The van der Waals surface area contributed by atoms with Crippen LogP contribution < -0.4 is 0 Å². The van der Waals surface area contributed by atoms with Gasteiger partial charge in [0.15, 0.2) is 0 Å². The normalized spacial score (nSPS) is 11.7. The fourth-order valence-electron chi connectivity index (χ4n) is 5.01. The van der Waals surface area contributed by atoms with Crippen molar-refractivity contribution in [3.63, 3.8) is 0 Å². The van der Waals surface area contributed by atoms with Gasteiger partial charge in [0.25, 0.3) is 0 Å². The second-order valence-electron chi connectivity index (χ2n) is 12.5. The van der Waals surface area contributed by atoms with E-state index in [1.165, 1.54) is 212 Å². The number of allylic oxidation sites excluding steroid dienone is 4. The summed E-state index contributed by atoms with van der Waals surface area (Å²) in [6, 6.07) is 3.04. The lowest BCUT2D eigenvalue weighted by Crippen LogP contribution is -1.97. The van der Waals surface area contributed by atoms with E-state index in [1.807, 2.05) is 0 Å². The van der Waals surface area contributed by atoms with E-state index < -0.39 is 0 Å². The first-order chi connectivity index (χ1) is 20.3. The molecule has 0 N–H and O–H groups in total. The van der Waals surface area contributed by atoms with Gasteiger partial charge in [0, 0.05) is 33.7 Å². The molecule has 1 nitrogen and oxygen atoms in total. The molecule has 0 amide bonds. The largest absolute Gasteiger partial charge is 0.381 e. The van der Waals surface area contributed by atoms with Crippen LogP contribution in [-0.4, -0.2) is 33.7 Å². The molecule has 0 saturated carbocycles. The molecule has 0 aromatic rings. The molecule has 0 unspecified atom stereocenters. The second-order valence-corrected chi connectivity index (χ2v) is 14.5. The van der Waals surface area contributed by atoms with E-state index in [1.54, 1.807) is 0 Å². The van der Waals surface area contributed by atoms with Gasteiger partial charge >= 0.3 is 0 Å². The molecule has 0 rings (SSSR count). The minimum Gasteiger partial charge on any atom is -0.381 e. The average molecular weight is 609 g/mol. The molecule has 41 heavy (non-hydrogen) atoms. The molecule has 0 spiro atoms. The monoisotopic (exact) mass is 609 g/mol. The fourth-order valence-corrected chi connectivity index (χ4v) is 5.01. The van der Waals surface area contributed by atoms with Crippen molar-refractivity contribution < 1.29 is 4.74 Å². The minimum absolute atomic E-state index is 0.978. The van der Waals surface area contributed by atoms with Crippen LogP contribution >= 0.6 is 0 Å². The standard InChI is InChI=1S/C36H70O.C2H10Si2/c1-3-5-7-9-11-13-15-17-19-21-23-25-27-29-31-33-35-37-36-34-32-30-28-26-24-22-20-18-16-14-12-10-8-6-4-2;3-1-2-4/h17-20H,3-16,21-36H2,1-2H3;1-2H2,3-4H3/b19-17-,20-18-;. The second kappa shape index (κ2) is 44.3. The molecular weight excluding hydrogens is 529 g/mol. The molecule has 0 aliphatic rings. The first-order valence-corrected chi connectivity index (χ1v) is 22.0. The summed E-state index contributed by atoms with van der Waals surface area (Å²) in [5.41, 5.74) is 0. The molecule has 0 aromatic heterocycles. The number of hydrogen-bond donors (Lipinski definition) is 0. The highest BCUT2D eigenvalue weighted by atomic mass is 28.2. The lowest BCUT2D eigenvalue weighted by Gasteiger charge is -2.05. The molecule has 0 aliphatic carbocycles. The lowest BCUT2D eigenvalue weighted by molar-refractivity contribution is 0.125. The summed E-state index contributed by atoms with van der Waals surface area (Å²) in [5.74, 6) is 0. The highest BCUT2D eigenvalue weighted by molar-refractivity contribution is 6.16. The van der Waals surface area contributed by atoms with Crippen LogP contribution in [0.5, 0.6) is 0 Å². The zero-order chi connectivity index (χ0) is 30.2. The zero-order valence-electron chi connectivity index (χ0n) is 29.3. The van der Waals surface area contributed by atoms with Crippen LogP contribution in [0.1, 0.15) is 194 Å². The molecule has 0 bridgehead atoms. The summed E-state index contributed by atoms with van der Waals surface area (Å²) in [5, 5.41) is 0. The van der Waals surface area contributed by atoms with E-state index in [4.69, 9.17) is 4.74 Å². The van der Waals surface area contributed by atoms with E-state index in [0.29, 0.717) is 0 Å². The molecule has 0 aromatic carbocycles. The molecule has 0 fully saturated rings. The highest BCUT2D eigenvalue weighted by Gasteiger charge is 1.95. The van der Waals surface area contributed by atoms with Gasteiger partial charge in [-0.1, -0.05) is 166 Å². The topological polar surface area (TPSA) is 9.23 Å². The predicted octanol–water partition coefficient (Wildman–Crippen LogP) is 11.6. The van der Waals surface area contributed by atoms with Crippen molar-refractivity contribution in [1.82, 2.24) is 0 Å². The van der Waals surface area contributed by atoms with Crippen LogP contribution in [0, 0.1) is 0 Å². The van der Waals surface area contributed by atoms with Crippen molar-refractivity contribution in [3.8, 4) is 0 Å². The Morgan fingerprint density at radius 3 is 0.854 bits per heavy atom. The molecule has 0 atom stereocenters. The third-order valence-electron chi connectivity index (χ3n) is 8.10. The maximum atomic E-state index is 5.85. The first kappa shape index (κ1) is 43.0. The summed E-state index contributed by atoms with van der Waals surface area (Å²) >= 11 is 0. The Morgan fingerprint density at radius 1 is 0.341 bits per heavy atom. The number of rotatable bonds is 33. The van der Waals surface area contributed by atoms with Gasteiger partial charge in [-0.25, -0.2) is 0 Å². The molecule has 0 aliphatic heterocycles. The van der Waals surface area contributed by atoms with Gasteiger partial charge in [-0.2, -0.15) is 0 Å². The van der Waals surface area contributed by atoms with E-state index in [9.17, 15) is 0 Å². The van der Waals surface area contributed by atoms with Crippen molar-refractivity contribution in [1.29, 1.82) is 0 Å². The van der Waals surface area contributed by atoms with Gasteiger partial charge in [-0.05, 0) is 64.2 Å². The van der Waals surface area contributed by atoms with Crippen molar-refractivity contribution in [3.05, 3.63) is 24.3 Å². The van der Waals surface area contributed by atoms with Gasteiger partial charge in [0.2, 0.25) is 0 Å². The van der Waals surface area contributed by atoms with E-state index in [0.717, 1.165) is 13.2 Å². The summed E-state index contributed by atoms with van der Waals surface area (Å²) in [4.78, 5) is 0. The van der Waals surface area contributed by atoms with E-state index in [2.05, 4.69) is 38.2 Å². The van der Waals surface area contributed by atoms with Crippen LogP contribution in [0.2, 0.25) is 12.1 Å². The van der Waals surface area contributed by atoms with Crippen molar-refractivity contribution in [2.75, 3.05) is 13.2 Å². The minimum atomic E-state index is 0.978. The van der Waals surface area contributed by atoms with Gasteiger partial charge in [-0.3, -0.25) is 0 Å². The van der Waals surface area contributed by atoms with Crippen molar-refractivity contribution in [2.24, 2.45) is 0 Å². The molecule has 0 radical (unpaired) electrons. The Labute approximate surface area is 267 Å². The maximum Gasteiger partial charge on any atom is 0.0466 e. The SMILES string of the molecule is CCCCCCCC/C=C\CCCCCCCCOCCCCCCCC/C=C\CCCCCCCC.[SiH3]CC[SiH3].